The number of aromatic nitrogens is 2. The molecule has 5 nitrogen and oxygen atoms in total. The van der Waals surface area contributed by atoms with E-state index in [0.29, 0.717) is 0 Å². The van der Waals surface area contributed by atoms with Gasteiger partial charge in [-0.3, -0.25) is 4.79 Å². The van der Waals surface area contributed by atoms with Crippen LogP contribution in [0.3, 0.4) is 0 Å². The molecule has 6 heteroatoms. The fraction of sp³-hybridized carbons (Fsp3) is 0.700. The number of carbonyl (C=O) groups is 1. The van der Waals surface area contributed by atoms with Crippen LogP contribution < -0.4 is 10.2 Å². The van der Waals surface area contributed by atoms with Crippen molar-refractivity contribution in [3.63, 3.8) is 0 Å². The van der Waals surface area contributed by atoms with Crippen LogP contribution in [0.5, 0.6) is 0 Å². The molecule has 1 aliphatic heterocycles. The zero-order chi connectivity index (χ0) is 11.5. The van der Waals surface area contributed by atoms with Crippen LogP contribution in [0, 0.1) is 12.8 Å². The molecule has 2 heterocycles. The minimum atomic E-state index is 0.160. The molecular weight excluding hydrogens is 224 g/mol. The molecule has 1 saturated heterocycles. The van der Waals surface area contributed by atoms with E-state index in [2.05, 4.69) is 20.4 Å². The summed E-state index contributed by atoms with van der Waals surface area (Å²) in [6.07, 6.45) is 1.80. The zero-order valence-electron chi connectivity index (χ0n) is 9.56. The van der Waals surface area contributed by atoms with Gasteiger partial charge in [-0.1, -0.05) is 11.3 Å². The van der Waals surface area contributed by atoms with Gasteiger partial charge in [-0.05, 0) is 19.8 Å². The molecule has 1 aromatic heterocycles. The Bertz CT molecular complexity index is 371. The summed E-state index contributed by atoms with van der Waals surface area (Å²) in [4.78, 5) is 13.7. The molecule has 0 saturated carbocycles. The minimum absolute atomic E-state index is 0.160. The predicted molar refractivity (Wildman–Crippen MR) is 63.6 cm³/mol. The lowest BCUT2D eigenvalue weighted by atomic mass is 9.96. The SMILES string of the molecule is CNC(=O)C1CCN(c2nnc(C)s2)CC1. The molecule has 16 heavy (non-hydrogen) atoms. The summed E-state index contributed by atoms with van der Waals surface area (Å²) in [6, 6.07) is 0. The van der Waals surface area contributed by atoms with Gasteiger partial charge in [0.2, 0.25) is 11.0 Å². The Hall–Kier alpha value is -1.17. The number of carbonyl (C=O) groups excluding carboxylic acids is 1. The van der Waals surface area contributed by atoms with Crippen molar-refractivity contribution in [3.8, 4) is 0 Å². The first kappa shape index (κ1) is 11.3. The van der Waals surface area contributed by atoms with Crippen molar-refractivity contribution >= 4 is 22.4 Å². The monoisotopic (exact) mass is 240 g/mol. The third kappa shape index (κ3) is 2.32. The van der Waals surface area contributed by atoms with E-state index in [1.54, 1.807) is 18.4 Å². The maximum atomic E-state index is 11.5. The van der Waals surface area contributed by atoms with Crippen molar-refractivity contribution in [3.05, 3.63) is 5.01 Å². The molecule has 0 bridgehead atoms. The quantitative estimate of drug-likeness (QED) is 0.831. The fourth-order valence-electron chi connectivity index (χ4n) is 1.95. The molecule has 1 amide bonds. The molecule has 1 fully saturated rings. The highest BCUT2D eigenvalue weighted by Gasteiger charge is 2.25. The van der Waals surface area contributed by atoms with Crippen LogP contribution in [0.15, 0.2) is 0 Å². The highest BCUT2D eigenvalue weighted by molar-refractivity contribution is 7.15. The van der Waals surface area contributed by atoms with E-state index in [9.17, 15) is 4.79 Å². The van der Waals surface area contributed by atoms with E-state index in [0.717, 1.165) is 36.1 Å². The van der Waals surface area contributed by atoms with Gasteiger partial charge in [-0.15, -0.1) is 10.2 Å². The van der Waals surface area contributed by atoms with E-state index >= 15 is 0 Å². The van der Waals surface area contributed by atoms with E-state index in [-0.39, 0.29) is 11.8 Å². The Morgan fingerprint density at radius 3 is 2.62 bits per heavy atom. The van der Waals surface area contributed by atoms with Crippen LogP contribution in [-0.4, -0.2) is 36.2 Å². The van der Waals surface area contributed by atoms with Gasteiger partial charge in [0.1, 0.15) is 5.01 Å². The summed E-state index contributed by atoms with van der Waals surface area (Å²) < 4.78 is 0. The Labute approximate surface area is 98.9 Å². The fourth-order valence-corrected chi connectivity index (χ4v) is 2.69. The highest BCUT2D eigenvalue weighted by atomic mass is 32.1. The third-order valence-electron chi connectivity index (χ3n) is 2.90. The second kappa shape index (κ2) is 4.78. The lowest BCUT2D eigenvalue weighted by molar-refractivity contribution is -0.125. The summed E-state index contributed by atoms with van der Waals surface area (Å²) in [5.74, 6) is 0.323. The molecule has 2 rings (SSSR count). The van der Waals surface area contributed by atoms with Gasteiger partial charge in [-0.25, -0.2) is 0 Å². The number of anilines is 1. The number of hydrogen-bond acceptors (Lipinski definition) is 5. The smallest absolute Gasteiger partial charge is 0.222 e. The topological polar surface area (TPSA) is 58.1 Å². The summed E-state index contributed by atoms with van der Waals surface area (Å²) in [6.45, 7) is 3.75. The van der Waals surface area contributed by atoms with Crippen LogP contribution in [-0.2, 0) is 4.79 Å². The number of rotatable bonds is 2. The first-order valence-electron chi connectivity index (χ1n) is 5.47. The summed E-state index contributed by atoms with van der Waals surface area (Å²) in [5.41, 5.74) is 0. The standard InChI is InChI=1S/C10H16N4OS/c1-7-12-13-10(16-7)14-5-3-8(4-6-14)9(15)11-2/h8H,3-6H2,1-2H3,(H,11,15). The largest absolute Gasteiger partial charge is 0.359 e. The van der Waals surface area contributed by atoms with Crippen LogP contribution in [0.1, 0.15) is 17.8 Å². The van der Waals surface area contributed by atoms with Gasteiger partial charge in [0.25, 0.3) is 0 Å². The second-order valence-electron chi connectivity index (χ2n) is 3.98. The van der Waals surface area contributed by atoms with Gasteiger partial charge < -0.3 is 10.2 Å². The maximum Gasteiger partial charge on any atom is 0.222 e. The van der Waals surface area contributed by atoms with Gasteiger partial charge >= 0.3 is 0 Å². The van der Waals surface area contributed by atoms with Crippen molar-refractivity contribution in [1.29, 1.82) is 0 Å². The second-order valence-corrected chi connectivity index (χ2v) is 5.14. The van der Waals surface area contributed by atoms with Gasteiger partial charge in [0.15, 0.2) is 0 Å². The number of nitrogens with zero attached hydrogens (tertiary/aromatic N) is 3. The number of aryl methyl sites for hydroxylation is 1. The maximum absolute atomic E-state index is 11.5. The Kier molecular flexibility index (Phi) is 3.38. The average Bonchev–Trinajstić information content (AvgIpc) is 2.75. The molecular formula is C10H16N4OS. The molecule has 0 unspecified atom stereocenters. The van der Waals surface area contributed by atoms with Crippen LogP contribution in [0.25, 0.3) is 0 Å². The minimum Gasteiger partial charge on any atom is -0.359 e. The van der Waals surface area contributed by atoms with Crippen LogP contribution >= 0.6 is 11.3 Å². The van der Waals surface area contributed by atoms with Crippen molar-refractivity contribution in [2.45, 2.75) is 19.8 Å². The molecule has 1 aliphatic rings. The van der Waals surface area contributed by atoms with Crippen LogP contribution in [0.2, 0.25) is 0 Å². The Balaban J connectivity index is 1.92. The van der Waals surface area contributed by atoms with Gasteiger partial charge in [-0.2, -0.15) is 0 Å². The summed E-state index contributed by atoms with van der Waals surface area (Å²) >= 11 is 1.61. The molecule has 0 aliphatic carbocycles. The average molecular weight is 240 g/mol. The van der Waals surface area contributed by atoms with E-state index < -0.39 is 0 Å². The Morgan fingerprint density at radius 1 is 1.44 bits per heavy atom. The molecule has 0 atom stereocenters. The lowest BCUT2D eigenvalue weighted by Gasteiger charge is -2.30. The first-order valence-corrected chi connectivity index (χ1v) is 6.29. The van der Waals surface area contributed by atoms with Crippen molar-refractivity contribution in [2.24, 2.45) is 5.92 Å². The number of nitrogens with one attached hydrogen (secondary N) is 1. The van der Waals surface area contributed by atoms with E-state index in [4.69, 9.17) is 0 Å². The molecule has 1 N–H and O–H groups in total. The molecule has 88 valence electrons. The summed E-state index contributed by atoms with van der Waals surface area (Å²) in [5, 5.41) is 12.8. The molecule has 0 aromatic carbocycles. The number of amides is 1. The third-order valence-corrected chi connectivity index (χ3v) is 3.80. The summed E-state index contributed by atoms with van der Waals surface area (Å²) in [7, 11) is 1.70. The van der Waals surface area contributed by atoms with Crippen LogP contribution in [0.4, 0.5) is 5.13 Å². The molecule has 0 spiro atoms. The van der Waals surface area contributed by atoms with E-state index in [1.165, 1.54) is 0 Å². The van der Waals surface area contributed by atoms with Crippen molar-refractivity contribution < 1.29 is 4.79 Å². The normalized spacial score (nSPS) is 17.5. The van der Waals surface area contributed by atoms with Crippen molar-refractivity contribution in [1.82, 2.24) is 15.5 Å². The lowest BCUT2D eigenvalue weighted by Crippen LogP contribution is -2.39. The van der Waals surface area contributed by atoms with E-state index in [1.807, 2.05) is 6.92 Å². The highest BCUT2D eigenvalue weighted by Crippen LogP contribution is 2.25. The molecule has 0 radical (unpaired) electrons. The van der Waals surface area contributed by atoms with Crippen molar-refractivity contribution in [2.75, 3.05) is 25.0 Å². The zero-order valence-corrected chi connectivity index (χ0v) is 10.4. The predicted octanol–water partition coefficient (Wildman–Crippen LogP) is 0.809. The first-order chi connectivity index (χ1) is 7.70. The van der Waals surface area contributed by atoms with Gasteiger partial charge in [0.05, 0.1) is 0 Å². The molecule has 1 aromatic rings. The number of piperidine rings is 1. The van der Waals surface area contributed by atoms with Gasteiger partial charge in [0, 0.05) is 26.1 Å². The number of hydrogen-bond donors (Lipinski definition) is 1. The Morgan fingerprint density at radius 2 is 2.12 bits per heavy atom.